The van der Waals surface area contributed by atoms with Crippen LogP contribution in [-0.2, 0) is 20.8 Å². The minimum absolute atomic E-state index is 0.245. The Morgan fingerprint density at radius 1 is 1.26 bits per heavy atom. The number of rotatable bonds is 3. The van der Waals surface area contributed by atoms with Crippen LogP contribution in [0.1, 0.15) is 5.56 Å². The number of amides is 1. The Morgan fingerprint density at radius 2 is 2.05 bits per heavy atom. The van der Waals surface area contributed by atoms with E-state index in [4.69, 9.17) is 9.47 Å². The fourth-order valence-electron chi connectivity index (χ4n) is 2.09. The molecule has 3 rings (SSSR count). The van der Waals surface area contributed by atoms with Gasteiger partial charge in [-0.2, -0.15) is 0 Å². The number of nitrogens with zero attached hydrogens (tertiary/aromatic N) is 1. The van der Waals surface area contributed by atoms with E-state index in [1.807, 2.05) is 30.3 Å². The summed E-state index contributed by atoms with van der Waals surface area (Å²) in [7, 11) is 0. The smallest absolute Gasteiger partial charge is 0.277 e. The predicted molar refractivity (Wildman–Crippen MR) is 69.3 cm³/mol. The van der Waals surface area contributed by atoms with E-state index < -0.39 is 6.29 Å². The summed E-state index contributed by atoms with van der Waals surface area (Å²) in [4.78, 5) is 16.1. The molecule has 1 aromatic carbocycles. The first-order valence-electron chi connectivity index (χ1n) is 6.18. The van der Waals surface area contributed by atoms with Gasteiger partial charge in [-0.3, -0.25) is 9.78 Å². The zero-order chi connectivity index (χ0) is 13.1. The molecule has 1 saturated heterocycles. The normalized spacial score (nSPS) is 15.8. The number of para-hydroxylation sites is 1. The second-order valence-corrected chi connectivity index (χ2v) is 4.28. The summed E-state index contributed by atoms with van der Waals surface area (Å²) >= 11 is 0. The molecule has 0 aliphatic carbocycles. The van der Waals surface area contributed by atoms with Gasteiger partial charge in [0.1, 0.15) is 0 Å². The van der Waals surface area contributed by atoms with Crippen molar-refractivity contribution in [3.05, 3.63) is 42.1 Å². The molecule has 2 heterocycles. The molecule has 0 saturated carbocycles. The third kappa shape index (κ3) is 2.57. The minimum Gasteiger partial charge on any atom is -0.348 e. The Hall–Kier alpha value is -1.98. The quantitative estimate of drug-likeness (QED) is 0.899. The van der Waals surface area contributed by atoms with Gasteiger partial charge in [-0.25, -0.2) is 0 Å². The number of nitrogens with one attached hydrogen (secondary N) is 1. The summed E-state index contributed by atoms with van der Waals surface area (Å²) in [6.07, 6.45) is 0.972. The van der Waals surface area contributed by atoms with Crippen LogP contribution >= 0.6 is 0 Å². The fourth-order valence-corrected chi connectivity index (χ4v) is 2.09. The van der Waals surface area contributed by atoms with Crippen LogP contribution in [0, 0.1) is 0 Å². The molecule has 1 fully saturated rings. The van der Waals surface area contributed by atoms with Crippen LogP contribution in [0.4, 0.5) is 0 Å². The van der Waals surface area contributed by atoms with Crippen molar-refractivity contribution < 1.29 is 14.3 Å². The van der Waals surface area contributed by atoms with E-state index in [9.17, 15) is 4.79 Å². The van der Waals surface area contributed by atoms with E-state index in [0.717, 1.165) is 16.5 Å². The Labute approximate surface area is 110 Å². The van der Waals surface area contributed by atoms with Gasteiger partial charge in [-0.05, 0) is 11.6 Å². The highest BCUT2D eigenvalue weighted by molar-refractivity contribution is 5.83. The Balaban J connectivity index is 1.73. The summed E-state index contributed by atoms with van der Waals surface area (Å²) in [5.74, 6) is -0.245. The SMILES string of the molecule is O=C(NCc1cccc2cccnc12)C1OCCO1. The Kier molecular flexibility index (Phi) is 3.39. The van der Waals surface area contributed by atoms with Crippen LogP contribution < -0.4 is 5.32 Å². The molecule has 1 amide bonds. The molecule has 1 aliphatic heterocycles. The third-order valence-corrected chi connectivity index (χ3v) is 3.01. The van der Waals surface area contributed by atoms with Crippen molar-refractivity contribution in [3.63, 3.8) is 0 Å². The molecular weight excluding hydrogens is 244 g/mol. The topological polar surface area (TPSA) is 60.5 Å². The number of hydrogen-bond acceptors (Lipinski definition) is 4. The van der Waals surface area contributed by atoms with E-state index >= 15 is 0 Å². The van der Waals surface area contributed by atoms with E-state index in [1.165, 1.54) is 0 Å². The average molecular weight is 258 g/mol. The van der Waals surface area contributed by atoms with Gasteiger partial charge < -0.3 is 14.8 Å². The van der Waals surface area contributed by atoms with Crippen molar-refractivity contribution in [1.29, 1.82) is 0 Å². The molecule has 0 unspecified atom stereocenters. The highest BCUT2D eigenvalue weighted by Crippen LogP contribution is 2.15. The van der Waals surface area contributed by atoms with Gasteiger partial charge >= 0.3 is 0 Å². The largest absolute Gasteiger partial charge is 0.348 e. The van der Waals surface area contributed by atoms with Gasteiger partial charge in [0, 0.05) is 18.1 Å². The minimum atomic E-state index is -0.775. The van der Waals surface area contributed by atoms with Crippen LogP contribution in [0.5, 0.6) is 0 Å². The highest BCUT2D eigenvalue weighted by Gasteiger charge is 2.24. The zero-order valence-electron chi connectivity index (χ0n) is 10.3. The summed E-state index contributed by atoms with van der Waals surface area (Å²) in [6, 6.07) is 9.79. The van der Waals surface area contributed by atoms with Crippen LogP contribution in [0.25, 0.3) is 10.9 Å². The van der Waals surface area contributed by atoms with Gasteiger partial charge in [-0.15, -0.1) is 0 Å². The monoisotopic (exact) mass is 258 g/mol. The van der Waals surface area contributed by atoms with Crippen LogP contribution in [0.2, 0.25) is 0 Å². The molecule has 1 aliphatic rings. The number of pyridine rings is 1. The van der Waals surface area contributed by atoms with Crippen LogP contribution in [0.15, 0.2) is 36.5 Å². The lowest BCUT2D eigenvalue weighted by atomic mass is 10.1. The maximum atomic E-state index is 11.8. The summed E-state index contributed by atoms with van der Waals surface area (Å²) in [5.41, 5.74) is 1.88. The number of ether oxygens (including phenoxy) is 2. The lowest BCUT2D eigenvalue weighted by Crippen LogP contribution is -2.34. The molecule has 98 valence electrons. The first-order chi connectivity index (χ1) is 9.34. The molecule has 5 heteroatoms. The Bertz CT molecular complexity index is 589. The summed E-state index contributed by atoms with van der Waals surface area (Å²) < 4.78 is 10.3. The molecular formula is C14H14N2O3. The fraction of sp³-hybridized carbons (Fsp3) is 0.286. The van der Waals surface area contributed by atoms with E-state index in [-0.39, 0.29) is 5.91 Å². The number of aromatic nitrogens is 1. The first-order valence-corrected chi connectivity index (χ1v) is 6.18. The molecule has 5 nitrogen and oxygen atoms in total. The van der Waals surface area contributed by atoms with Crippen molar-refractivity contribution in [3.8, 4) is 0 Å². The second-order valence-electron chi connectivity index (χ2n) is 4.28. The van der Waals surface area contributed by atoms with Crippen molar-refractivity contribution in [1.82, 2.24) is 10.3 Å². The second kappa shape index (κ2) is 5.34. The van der Waals surface area contributed by atoms with Crippen LogP contribution in [-0.4, -0.2) is 30.4 Å². The van der Waals surface area contributed by atoms with Gasteiger partial charge in [0.05, 0.1) is 18.7 Å². The standard InChI is InChI=1S/C14H14N2O3/c17-13(14-18-7-8-19-14)16-9-11-4-1-3-10-5-2-6-15-12(10)11/h1-6,14H,7-9H2,(H,16,17). The number of carbonyl (C=O) groups is 1. The molecule has 1 N–H and O–H groups in total. The number of benzene rings is 1. The lowest BCUT2D eigenvalue weighted by Gasteiger charge is -2.11. The van der Waals surface area contributed by atoms with E-state index in [0.29, 0.717) is 19.8 Å². The molecule has 0 spiro atoms. The highest BCUT2D eigenvalue weighted by atomic mass is 16.7. The van der Waals surface area contributed by atoms with Crippen molar-refractivity contribution in [2.24, 2.45) is 0 Å². The zero-order valence-corrected chi connectivity index (χ0v) is 10.3. The average Bonchev–Trinajstić information content (AvgIpc) is 2.99. The van der Waals surface area contributed by atoms with Gasteiger partial charge in [0.25, 0.3) is 5.91 Å². The lowest BCUT2D eigenvalue weighted by molar-refractivity contribution is -0.146. The van der Waals surface area contributed by atoms with Crippen LogP contribution in [0.3, 0.4) is 0 Å². The number of carbonyl (C=O) groups excluding carboxylic acids is 1. The molecule has 0 bridgehead atoms. The van der Waals surface area contributed by atoms with Gasteiger partial charge in [0.2, 0.25) is 6.29 Å². The van der Waals surface area contributed by atoms with Crippen molar-refractivity contribution in [2.45, 2.75) is 12.8 Å². The molecule has 19 heavy (non-hydrogen) atoms. The Morgan fingerprint density at radius 3 is 2.89 bits per heavy atom. The number of hydrogen-bond donors (Lipinski definition) is 1. The maximum Gasteiger partial charge on any atom is 0.277 e. The first kappa shape index (κ1) is 12.1. The molecule has 2 aromatic rings. The summed E-state index contributed by atoms with van der Waals surface area (Å²) in [6.45, 7) is 1.35. The van der Waals surface area contributed by atoms with Crippen molar-refractivity contribution in [2.75, 3.05) is 13.2 Å². The number of fused-ring (bicyclic) bond motifs is 1. The summed E-state index contributed by atoms with van der Waals surface area (Å²) in [5, 5.41) is 3.86. The molecule has 1 aromatic heterocycles. The van der Waals surface area contributed by atoms with Crippen molar-refractivity contribution >= 4 is 16.8 Å². The molecule has 0 radical (unpaired) electrons. The van der Waals surface area contributed by atoms with Gasteiger partial charge in [0.15, 0.2) is 0 Å². The maximum absolute atomic E-state index is 11.8. The van der Waals surface area contributed by atoms with E-state index in [1.54, 1.807) is 6.20 Å². The predicted octanol–water partition coefficient (Wildman–Crippen LogP) is 1.22. The van der Waals surface area contributed by atoms with Gasteiger partial charge in [-0.1, -0.05) is 24.3 Å². The van der Waals surface area contributed by atoms with E-state index in [2.05, 4.69) is 10.3 Å². The third-order valence-electron chi connectivity index (χ3n) is 3.01. The molecule has 0 atom stereocenters.